The third-order valence-corrected chi connectivity index (χ3v) is 9.54. The van der Waals surface area contributed by atoms with Gasteiger partial charge in [-0.05, 0) is 55.2 Å². The van der Waals surface area contributed by atoms with Gasteiger partial charge in [0.05, 0.1) is 16.3 Å². The first-order valence-corrected chi connectivity index (χ1v) is 15.6. The van der Waals surface area contributed by atoms with E-state index >= 15 is 0 Å². The van der Waals surface area contributed by atoms with E-state index in [0.29, 0.717) is 22.7 Å². The molecule has 4 heteroatoms. The lowest BCUT2D eigenvalue weighted by Crippen LogP contribution is -2.07. The number of rotatable bonds is 7. The Labute approximate surface area is 248 Å². The van der Waals surface area contributed by atoms with Crippen LogP contribution in [0.4, 0.5) is 0 Å². The highest BCUT2D eigenvalue weighted by molar-refractivity contribution is 7.91. The largest absolute Gasteiger partial charge is 0.334 e. The standard InChI is InChI=1S/C38H33NO2S/c1-27-14-20-32(21-15-27)36-35(31-12-8-5-9-13-31)38(42(40,41)34-24-18-29(3)19-25-34)37(33-22-16-28(2)17-23-33)39(36)26-30-10-6-4-7-11-30/h4-25H,26H2,1-3H3. The molecule has 0 aliphatic rings. The van der Waals surface area contributed by atoms with Gasteiger partial charge in [0, 0.05) is 12.1 Å². The van der Waals surface area contributed by atoms with Gasteiger partial charge in [-0.25, -0.2) is 8.42 Å². The van der Waals surface area contributed by atoms with Crippen molar-refractivity contribution in [2.45, 2.75) is 37.1 Å². The van der Waals surface area contributed by atoms with E-state index in [-0.39, 0.29) is 4.90 Å². The smallest absolute Gasteiger partial charge is 0.209 e. The molecule has 0 fully saturated rings. The summed E-state index contributed by atoms with van der Waals surface area (Å²) in [5, 5.41) is 0. The van der Waals surface area contributed by atoms with Gasteiger partial charge in [-0.3, -0.25) is 0 Å². The summed E-state index contributed by atoms with van der Waals surface area (Å²) in [6.45, 7) is 6.59. The van der Waals surface area contributed by atoms with Gasteiger partial charge in [-0.1, -0.05) is 138 Å². The molecule has 0 N–H and O–H groups in total. The van der Waals surface area contributed by atoms with Crippen molar-refractivity contribution in [3.05, 3.63) is 156 Å². The molecule has 3 nitrogen and oxygen atoms in total. The number of hydrogen-bond donors (Lipinski definition) is 0. The highest BCUT2D eigenvalue weighted by Crippen LogP contribution is 2.47. The summed E-state index contributed by atoms with van der Waals surface area (Å²) in [5.41, 5.74) is 9.33. The van der Waals surface area contributed by atoms with Gasteiger partial charge in [-0.2, -0.15) is 0 Å². The third-order valence-electron chi connectivity index (χ3n) is 7.71. The third kappa shape index (κ3) is 5.22. The second-order valence-corrected chi connectivity index (χ2v) is 12.8. The Bertz CT molecular complexity index is 1940. The fourth-order valence-electron chi connectivity index (χ4n) is 5.50. The fourth-order valence-corrected chi connectivity index (χ4v) is 7.19. The molecule has 208 valence electrons. The predicted octanol–water partition coefficient (Wildman–Crippen LogP) is 9.30. The van der Waals surface area contributed by atoms with Crippen molar-refractivity contribution in [2.24, 2.45) is 0 Å². The van der Waals surface area contributed by atoms with E-state index < -0.39 is 9.84 Å². The summed E-state index contributed by atoms with van der Waals surface area (Å²) in [6.07, 6.45) is 0. The van der Waals surface area contributed by atoms with Gasteiger partial charge in [0.25, 0.3) is 0 Å². The molecule has 0 aliphatic heterocycles. The SMILES string of the molecule is Cc1ccc(-c2c(-c3ccccc3)c(S(=O)(=O)c3ccc(C)cc3)c(-c3ccc(C)cc3)n2Cc2ccccc2)cc1. The highest BCUT2D eigenvalue weighted by Gasteiger charge is 2.34. The molecule has 0 aliphatic carbocycles. The van der Waals surface area contributed by atoms with E-state index in [0.717, 1.165) is 44.6 Å². The number of aryl methyl sites for hydroxylation is 3. The highest BCUT2D eigenvalue weighted by atomic mass is 32.2. The molecule has 1 heterocycles. The lowest BCUT2D eigenvalue weighted by Gasteiger charge is -2.16. The molecule has 0 atom stereocenters. The normalized spacial score (nSPS) is 11.5. The van der Waals surface area contributed by atoms with E-state index in [2.05, 4.69) is 47.9 Å². The molecule has 1 aromatic heterocycles. The van der Waals surface area contributed by atoms with Crippen molar-refractivity contribution in [3.63, 3.8) is 0 Å². The molecule has 42 heavy (non-hydrogen) atoms. The van der Waals surface area contributed by atoms with Gasteiger partial charge in [-0.15, -0.1) is 0 Å². The zero-order chi connectivity index (χ0) is 29.3. The maximum absolute atomic E-state index is 14.9. The van der Waals surface area contributed by atoms with Crippen molar-refractivity contribution < 1.29 is 8.42 Å². The summed E-state index contributed by atoms with van der Waals surface area (Å²) in [5.74, 6) is 0. The topological polar surface area (TPSA) is 39.1 Å². The van der Waals surface area contributed by atoms with Crippen LogP contribution in [0.2, 0.25) is 0 Å². The molecule has 0 spiro atoms. The average Bonchev–Trinajstić information content (AvgIpc) is 3.34. The van der Waals surface area contributed by atoms with Gasteiger partial charge in [0.1, 0.15) is 4.90 Å². The predicted molar refractivity (Wildman–Crippen MR) is 172 cm³/mol. The number of sulfone groups is 1. The van der Waals surface area contributed by atoms with E-state index in [1.54, 1.807) is 12.1 Å². The number of aromatic nitrogens is 1. The quantitative estimate of drug-likeness (QED) is 0.193. The van der Waals surface area contributed by atoms with Crippen LogP contribution in [0.5, 0.6) is 0 Å². The van der Waals surface area contributed by atoms with Crippen LogP contribution < -0.4 is 0 Å². The Morgan fingerprint density at radius 1 is 0.500 bits per heavy atom. The Hall–Kier alpha value is -4.67. The zero-order valence-corrected chi connectivity index (χ0v) is 24.9. The average molecular weight is 568 g/mol. The second kappa shape index (κ2) is 11.3. The van der Waals surface area contributed by atoms with Crippen molar-refractivity contribution in [2.75, 3.05) is 0 Å². The van der Waals surface area contributed by atoms with Crippen LogP contribution in [-0.4, -0.2) is 13.0 Å². The number of hydrogen-bond acceptors (Lipinski definition) is 2. The van der Waals surface area contributed by atoms with E-state index in [9.17, 15) is 8.42 Å². The van der Waals surface area contributed by atoms with Crippen molar-refractivity contribution in [1.29, 1.82) is 0 Å². The Morgan fingerprint density at radius 3 is 1.48 bits per heavy atom. The summed E-state index contributed by atoms with van der Waals surface area (Å²) in [4.78, 5) is 0.610. The summed E-state index contributed by atoms with van der Waals surface area (Å²) < 4.78 is 32.0. The second-order valence-electron chi connectivity index (χ2n) is 10.9. The monoisotopic (exact) mass is 567 g/mol. The molecule has 0 saturated heterocycles. The van der Waals surface area contributed by atoms with Crippen LogP contribution in [0.1, 0.15) is 22.3 Å². The molecular formula is C38H33NO2S. The van der Waals surface area contributed by atoms with Crippen LogP contribution in [0.3, 0.4) is 0 Å². The first kappa shape index (κ1) is 27.5. The van der Waals surface area contributed by atoms with Crippen molar-refractivity contribution >= 4 is 9.84 Å². The van der Waals surface area contributed by atoms with E-state index in [1.165, 1.54) is 0 Å². The number of benzene rings is 5. The molecular weight excluding hydrogens is 534 g/mol. The lowest BCUT2D eigenvalue weighted by atomic mass is 10.00. The lowest BCUT2D eigenvalue weighted by molar-refractivity contribution is 0.596. The van der Waals surface area contributed by atoms with Crippen LogP contribution in [0, 0.1) is 20.8 Å². The van der Waals surface area contributed by atoms with Crippen LogP contribution in [0.25, 0.3) is 33.6 Å². The van der Waals surface area contributed by atoms with E-state index in [4.69, 9.17) is 0 Å². The number of nitrogens with zero attached hydrogens (tertiary/aromatic N) is 1. The van der Waals surface area contributed by atoms with E-state index in [1.807, 2.05) is 98.8 Å². The Balaban J connectivity index is 1.81. The van der Waals surface area contributed by atoms with Crippen molar-refractivity contribution in [1.82, 2.24) is 4.57 Å². The van der Waals surface area contributed by atoms with Gasteiger partial charge >= 0.3 is 0 Å². The Kier molecular flexibility index (Phi) is 7.40. The Morgan fingerprint density at radius 2 is 0.952 bits per heavy atom. The minimum Gasteiger partial charge on any atom is -0.334 e. The molecule has 0 bridgehead atoms. The first-order valence-electron chi connectivity index (χ1n) is 14.1. The van der Waals surface area contributed by atoms with Crippen molar-refractivity contribution in [3.8, 4) is 33.6 Å². The zero-order valence-electron chi connectivity index (χ0n) is 24.1. The van der Waals surface area contributed by atoms with Crippen LogP contribution in [0.15, 0.2) is 143 Å². The van der Waals surface area contributed by atoms with Gasteiger partial charge < -0.3 is 4.57 Å². The summed E-state index contributed by atoms with van der Waals surface area (Å²) >= 11 is 0. The molecule has 0 amide bonds. The summed E-state index contributed by atoms with van der Waals surface area (Å²) in [6, 6.07) is 43.9. The maximum Gasteiger partial charge on any atom is 0.209 e. The molecule has 0 radical (unpaired) electrons. The van der Waals surface area contributed by atoms with Crippen LogP contribution in [-0.2, 0) is 16.4 Å². The van der Waals surface area contributed by atoms with Crippen LogP contribution >= 0.6 is 0 Å². The molecule has 6 aromatic rings. The van der Waals surface area contributed by atoms with Gasteiger partial charge in [0.2, 0.25) is 9.84 Å². The molecule has 5 aromatic carbocycles. The molecule has 6 rings (SSSR count). The maximum atomic E-state index is 14.9. The minimum atomic E-state index is -3.95. The van der Waals surface area contributed by atoms with Gasteiger partial charge in [0.15, 0.2) is 0 Å². The molecule has 0 saturated carbocycles. The summed E-state index contributed by atoms with van der Waals surface area (Å²) in [7, 11) is -3.95. The molecule has 0 unspecified atom stereocenters. The minimum absolute atomic E-state index is 0.283. The first-order chi connectivity index (χ1) is 20.3. The fraction of sp³-hybridized carbons (Fsp3) is 0.105.